The molecule has 0 radical (unpaired) electrons. The van der Waals surface area contributed by atoms with Crippen molar-refractivity contribution in [2.24, 2.45) is 0 Å². The molecule has 0 aliphatic carbocycles. The Hall–Kier alpha value is -3.20. The van der Waals surface area contributed by atoms with Crippen LogP contribution in [0.15, 0.2) is 84.0 Å². The highest BCUT2D eigenvalue weighted by Crippen LogP contribution is 2.17. The second-order valence-electron chi connectivity index (χ2n) is 6.65. The molecule has 0 fully saturated rings. The molecule has 1 amide bonds. The average molecular weight is 426 g/mol. The average Bonchev–Trinajstić information content (AvgIpc) is 3.26. The topological polar surface area (TPSA) is 100 Å². The zero-order chi connectivity index (χ0) is 21.4. The van der Waals surface area contributed by atoms with E-state index in [9.17, 15) is 13.2 Å². The van der Waals surface area contributed by atoms with Crippen LogP contribution in [0.1, 0.15) is 16.7 Å². The molecule has 7 nitrogen and oxygen atoms in total. The maximum absolute atomic E-state index is 12.8. The van der Waals surface area contributed by atoms with Crippen LogP contribution in [0.4, 0.5) is 0 Å². The molecule has 0 atom stereocenters. The summed E-state index contributed by atoms with van der Waals surface area (Å²) in [6, 6.07) is 18.5. The minimum absolute atomic E-state index is 0.176. The first kappa shape index (κ1) is 21.5. The molecule has 0 bridgehead atoms. The quantitative estimate of drug-likeness (QED) is 0.212. The molecular formula is C22H23N3O4S. The summed E-state index contributed by atoms with van der Waals surface area (Å²) in [5.41, 5.74) is 4.25. The lowest BCUT2D eigenvalue weighted by molar-refractivity contribution is -0.124. The first-order valence-corrected chi connectivity index (χ1v) is 10.8. The summed E-state index contributed by atoms with van der Waals surface area (Å²) in [6.07, 6.45) is 6.24. The van der Waals surface area contributed by atoms with E-state index in [0.717, 1.165) is 28.6 Å². The van der Waals surface area contributed by atoms with Crippen molar-refractivity contribution in [2.45, 2.75) is 17.9 Å². The van der Waals surface area contributed by atoms with Crippen molar-refractivity contribution >= 4 is 22.0 Å². The zero-order valence-corrected chi connectivity index (χ0v) is 17.0. The Labute approximate surface area is 175 Å². The maximum Gasteiger partial charge on any atom is 0.267 e. The van der Waals surface area contributed by atoms with Crippen molar-refractivity contribution < 1.29 is 18.4 Å². The predicted octanol–water partition coefficient (Wildman–Crippen LogP) is 2.58. The summed E-state index contributed by atoms with van der Waals surface area (Å²) in [5.74, 6) is -0.696. The molecule has 0 aliphatic rings. The number of hydroxylamine groups is 1. The van der Waals surface area contributed by atoms with Gasteiger partial charge in [0.25, 0.3) is 15.9 Å². The third-order valence-electron chi connectivity index (χ3n) is 4.49. The van der Waals surface area contributed by atoms with Crippen molar-refractivity contribution in [3.63, 3.8) is 0 Å². The van der Waals surface area contributed by atoms with Gasteiger partial charge in [0.15, 0.2) is 0 Å². The van der Waals surface area contributed by atoms with E-state index in [2.05, 4.69) is 17.4 Å². The molecule has 3 aromatic rings. The minimum atomic E-state index is -3.73. The molecule has 1 heterocycles. The number of carbonyl (C=O) groups excluding carboxylic acids is 1. The molecule has 0 saturated carbocycles. The van der Waals surface area contributed by atoms with Gasteiger partial charge in [-0.1, -0.05) is 42.5 Å². The Morgan fingerprint density at radius 1 is 1.00 bits per heavy atom. The standard InChI is InChI=1S/C22H23N3O4S/c26-22(24-27)11-8-20-13-15-25(17-20)30(28,29)21-9-6-19(7-10-21)16-23-14-12-18-4-2-1-3-5-18/h1-11,13,15,17,23,27H,12,14,16H2,(H,24,26)/b11-8+. The molecule has 0 aliphatic heterocycles. The van der Waals surface area contributed by atoms with Gasteiger partial charge in [-0.15, -0.1) is 0 Å². The highest BCUT2D eigenvalue weighted by atomic mass is 32.2. The predicted molar refractivity (Wildman–Crippen MR) is 114 cm³/mol. The van der Waals surface area contributed by atoms with Gasteiger partial charge in [0, 0.05) is 25.0 Å². The Balaban J connectivity index is 1.58. The number of aromatic nitrogens is 1. The highest BCUT2D eigenvalue weighted by Gasteiger charge is 2.16. The van der Waals surface area contributed by atoms with Gasteiger partial charge in [-0.25, -0.2) is 17.9 Å². The largest absolute Gasteiger partial charge is 0.312 e. The molecule has 30 heavy (non-hydrogen) atoms. The molecule has 1 aromatic heterocycles. The molecular weight excluding hydrogens is 402 g/mol. The lowest BCUT2D eigenvalue weighted by Crippen LogP contribution is -2.17. The summed E-state index contributed by atoms with van der Waals surface area (Å²) < 4.78 is 26.6. The normalized spacial score (nSPS) is 11.6. The number of amides is 1. The minimum Gasteiger partial charge on any atom is -0.312 e. The number of hydrogen-bond acceptors (Lipinski definition) is 5. The summed E-state index contributed by atoms with van der Waals surface area (Å²) >= 11 is 0. The van der Waals surface area contributed by atoms with Crippen molar-refractivity contribution in [1.82, 2.24) is 14.8 Å². The first-order valence-electron chi connectivity index (χ1n) is 9.38. The Kier molecular flexibility index (Phi) is 7.18. The van der Waals surface area contributed by atoms with Crippen LogP contribution in [0, 0.1) is 0 Å². The third-order valence-corrected chi connectivity index (χ3v) is 6.14. The van der Waals surface area contributed by atoms with Gasteiger partial charge in [0.05, 0.1) is 4.90 Å². The molecule has 156 valence electrons. The smallest absolute Gasteiger partial charge is 0.267 e. The van der Waals surface area contributed by atoms with Crippen molar-refractivity contribution in [2.75, 3.05) is 6.54 Å². The lowest BCUT2D eigenvalue weighted by atomic mass is 10.1. The van der Waals surface area contributed by atoms with E-state index in [1.807, 2.05) is 18.2 Å². The van der Waals surface area contributed by atoms with Crippen molar-refractivity contribution in [1.29, 1.82) is 0 Å². The maximum atomic E-state index is 12.8. The van der Waals surface area contributed by atoms with Gasteiger partial charge in [0.1, 0.15) is 0 Å². The van der Waals surface area contributed by atoms with Gasteiger partial charge in [-0.05, 0) is 53.9 Å². The van der Waals surface area contributed by atoms with Crippen LogP contribution in [-0.4, -0.2) is 30.0 Å². The summed E-state index contributed by atoms with van der Waals surface area (Å²) in [4.78, 5) is 11.2. The van der Waals surface area contributed by atoms with E-state index >= 15 is 0 Å². The van der Waals surface area contributed by atoms with E-state index in [-0.39, 0.29) is 4.90 Å². The fraction of sp³-hybridized carbons (Fsp3) is 0.136. The molecule has 0 spiro atoms. The number of benzene rings is 2. The van der Waals surface area contributed by atoms with E-state index in [4.69, 9.17) is 5.21 Å². The fourth-order valence-electron chi connectivity index (χ4n) is 2.86. The number of nitrogens with one attached hydrogen (secondary N) is 2. The fourth-order valence-corrected chi connectivity index (χ4v) is 4.07. The monoisotopic (exact) mass is 425 g/mol. The van der Waals surface area contributed by atoms with Crippen LogP contribution in [0.2, 0.25) is 0 Å². The molecule has 3 rings (SSSR count). The van der Waals surface area contributed by atoms with Crippen LogP contribution >= 0.6 is 0 Å². The summed E-state index contributed by atoms with van der Waals surface area (Å²) in [7, 11) is -3.73. The van der Waals surface area contributed by atoms with Crippen LogP contribution in [-0.2, 0) is 27.8 Å². The second-order valence-corrected chi connectivity index (χ2v) is 8.49. The zero-order valence-electron chi connectivity index (χ0n) is 16.2. The molecule has 0 saturated heterocycles. The Morgan fingerprint density at radius 2 is 1.73 bits per heavy atom. The number of hydrogen-bond donors (Lipinski definition) is 3. The number of carbonyl (C=O) groups is 1. The van der Waals surface area contributed by atoms with Gasteiger partial charge in [-0.2, -0.15) is 0 Å². The van der Waals surface area contributed by atoms with Gasteiger partial charge in [-0.3, -0.25) is 10.0 Å². The van der Waals surface area contributed by atoms with E-state index < -0.39 is 15.9 Å². The SMILES string of the molecule is O=C(/C=C/c1ccn(S(=O)(=O)c2ccc(CNCCc3ccccc3)cc2)c1)NO. The highest BCUT2D eigenvalue weighted by molar-refractivity contribution is 7.90. The van der Waals surface area contributed by atoms with Gasteiger partial charge < -0.3 is 5.32 Å². The lowest BCUT2D eigenvalue weighted by Gasteiger charge is -2.08. The van der Waals surface area contributed by atoms with Crippen molar-refractivity contribution in [3.8, 4) is 0 Å². The summed E-state index contributed by atoms with van der Waals surface area (Å²) in [6.45, 7) is 1.48. The molecule has 3 N–H and O–H groups in total. The van der Waals surface area contributed by atoms with Crippen LogP contribution < -0.4 is 10.8 Å². The first-order chi connectivity index (χ1) is 14.5. The van der Waals surface area contributed by atoms with Crippen molar-refractivity contribution in [3.05, 3.63) is 95.8 Å². The van der Waals surface area contributed by atoms with E-state index in [0.29, 0.717) is 12.1 Å². The molecule has 0 unspecified atom stereocenters. The Morgan fingerprint density at radius 3 is 2.43 bits per heavy atom. The third kappa shape index (κ3) is 5.66. The summed E-state index contributed by atoms with van der Waals surface area (Å²) in [5, 5.41) is 11.8. The van der Waals surface area contributed by atoms with Crippen LogP contribution in [0.25, 0.3) is 6.08 Å². The van der Waals surface area contributed by atoms with Gasteiger partial charge in [0.2, 0.25) is 0 Å². The van der Waals surface area contributed by atoms with E-state index in [1.54, 1.807) is 30.3 Å². The van der Waals surface area contributed by atoms with Gasteiger partial charge >= 0.3 is 0 Å². The number of rotatable bonds is 9. The molecule has 8 heteroatoms. The molecule has 2 aromatic carbocycles. The van der Waals surface area contributed by atoms with E-state index in [1.165, 1.54) is 29.5 Å². The van der Waals surface area contributed by atoms with Crippen LogP contribution in [0.5, 0.6) is 0 Å². The Bertz CT molecular complexity index is 1100. The van der Waals surface area contributed by atoms with Crippen LogP contribution in [0.3, 0.4) is 0 Å². The second kappa shape index (κ2) is 10.0. The number of nitrogens with zero attached hydrogens (tertiary/aromatic N) is 1.